The van der Waals surface area contributed by atoms with E-state index in [1.54, 1.807) is 6.92 Å². The van der Waals surface area contributed by atoms with Crippen LogP contribution in [0.3, 0.4) is 0 Å². The van der Waals surface area contributed by atoms with Gasteiger partial charge in [-0.1, -0.05) is 28.1 Å². The number of carbonyl (C=O) groups excluding carboxylic acids is 1. The molecule has 0 aliphatic carbocycles. The number of likely N-dealkylation sites (N-methyl/N-ethyl adjacent to an activating group) is 1. The quantitative estimate of drug-likeness (QED) is 0.853. The fourth-order valence-electron chi connectivity index (χ4n) is 2.60. The maximum atomic E-state index is 11.4. The molecule has 1 aliphatic rings. The highest BCUT2D eigenvalue weighted by Crippen LogP contribution is 2.18. The van der Waals surface area contributed by atoms with Crippen molar-refractivity contribution in [2.24, 2.45) is 0 Å². The van der Waals surface area contributed by atoms with Crippen LogP contribution in [-0.2, 0) is 11.3 Å². The van der Waals surface area contributed by atoms with Gasteiger partial charge in [0.2, 0.25) is 5.91 Å². The molecule has 1 aromatic rings. The minimum absolute atomic E-state index is 0.162. The van der Waals surface area contributed by atoms with Crippen molar-refractivity contribution in [1.82, 2.24) is 9.80 Å². The van der Waals surface area contributed by atoms with E-state index in [2.05, 4.69) is 45.1 Å². The Bertz CT molecular complexity index is 432. The van der Waals surface area contributed by atoms with Crippen LogP contribution in [0, 0.1) is 0 Å². The van der Waals surface area contributed by atoms with E-state index >= 15 is 0 Å². The number of carbonyl (C=O) groups is 1. The topological polar surface area (TPSA) is 23.6 Å². The highest BCUT2D eigenvalue weighted by atomic mass is 79.9. The zero-order valence-corrected chi connectivity index (χ0v) is 13.2. The molecule has 1 saturated heterocycles. The normalized spacial score (nSPS) is 20.3. The van der Waals surface area contributed by atoms with Crippen LogP contribution in [0.4, 0.5) is 0 Å². The predicted octanol–water partition coefficient (Wildman–Crippen LogP) is 2.89. The van der Waals surface area contributed by atoms with Crippen LogP contribution in [0.15, 0.2) is 28.7 Å². The molecule has 2 rings (SSSR count). The molecular weight excluding hydrogens is 304 g/mol. The van der Waals surface area contributed by atoms with E-state index in [1.165, 1.54) is 12.0 Å². The number of hydrogen-bond acceptors (Lipinski definition) is 2. The molecular formula is C15H21BrN2O. The fraction of sp³-hybridized carbons (Fsp3) is 0.533. The summed E-state index contributed by atoms with van der Waals surface area (Å²) in [6.07, 6.45) is 2.28. The van der Waals surface area contributed by atoms with Crippen molar-refractivity contribution in [2.75, 3.05) is 20.1 Å². The van der Waals surface area contributed by atoms with E-state index in [9.17, 15) is 4.79 Å². The van der Waals surface area contributed by atoms with Gasteiger partial charge in [0.1, 0.15) is 0 Å². The zero-order chi connectivity index (χ0) is 13.8. The number of halogens is 1. The minimum Gasteiger partial charge on any atom is -0.342 e. The van der Waals surface area contributed by atoms with Gasteiger partial charge >= 0.3 is 0 Å². The second kappa shape index (κ2) is 6.53. The molecule has 0 bridgehead atoms. The Hall–Kier alpha value is -0.870. The van der Waals surface area contributed by atoms with Crippen molar-refractivity contribution in [2.45, 2.75) is 32.4 Å². The SMILES string of the molecule is CC(=O)N(C)C1CCCN(Cc2ccc(Br)cc2)C1. The number of amides is 1. The molecule has 1 aliphatic heterocycles. The number of nitrogens with zero attached hydrogens (tertiary/aromatic N) is 2. The summed E-state index contributed by atoms with van der Waals surface area (Å²) >= 11 is 3.46. The first-order valence-corrected chi connectivity index (χ1v) is 7.56. The first-order chi connectivity index (χ1) is 9.06. The summed E-state index contributed by atoms with van der Waals surface area (Å²) < 4.78 is 1.11. The monoisotopic (exact) mass is 324 g/mol. The van der Waals surface area contributed by atoms with E-state index < -0.39 is 0 Å². The van der Waals surface area contributed by atoms with Crippen LogP contribution >= 0.6 is 15.9 Å². The maximum Gasteiger partial charge on any atom is 0.219 e. The van der Waals surface area contributed by atoms with Gasteiger partial charge in [-0.25, -0.2) is 0 Å². The van der Waals surface area contributed by atoms with Crippen LogP contribution in [-0.4, -0.2) is 41.9 Å². The Morgan fingerprint density at radius 2 is 2.11 bits per heavy atom. The first-order valence-electron chi connectivity index (χ1n) is 6.76. The summed E-state index contributed by atoms with van der Waals surface area (Å²) in [5.41, 5.74) is 1.33. The average molecular weight is 325 g/mol. The molecule has 1 atom stereocenters. The van der Waals surface area contributed by atoms with Gasteiger partial charge in [0.15, 0.2) is 0 Å². The highest BCUT2D eigenvalue weighted by Gasteiger charge is 2.24. The van der Waals surface area contributed by atoms with E-state index in [-0.39, 0.29) is 5.91 Å². The van der Waals surface area contributed by atoms with Gasteiger partial charge in [0.05, 0.1) is 0 Å². The molecule has 1 heterocycles. The van der Waals surface area contributed by atoms with Crippen LogP contribution in [0.25, 0.3) is 0 Å². The summed E-state index contributed by atoms with van der Waals surface area (Å²) in [4.78, 5) is 15.8. The van der Waals surface area contributed by atoms with Crippen LogP contribution in [0.1, 0.15) is 25.3 Å². The Morgan fingerprint density at radius 1 is 1.42 bits per heavy atom. The molecule has 4 heteroatoms. The highest BCUT2D eigenvalue weighted by molar-refractivity contribution is 9.10. The summed E-state index contributed by atoms with van der Waals surface area (Å²) in [6, 6.07) is 8.84. The van der Waals surface area contributed by atoms with E-state index in [0.29, 0.717) is 6.04 Å². The molecule has 1 aromatic carbocycles. The first kappa shape index (κ1) is 14.5. The summed E-state index contributed by atoms with van der Waals surface area (Å²) in [5, 5.41) is 0. The molecule has 1 unspecified atom stereocenters. The van der Waals surface area contributed by atoms with Crippen molar-refractivity contribution in [3.8, 4) is 0 Å². The third-order valence-corrected chi connectivity index (χ3v) is 4.37. The fourth-order valence-corrected chi connectivity index (χ4v) is 2.86. The van der Waals surface area contributed by atoms with E-state index in [0.717, 1.165) is 30.5 Å². The summed E-state index contributed by atoms with van der Waals surface area (Å²) in [6.45, 7) is 4.72. The molecule has 0 saturated carbocycles. The van der Waals surface area contributed by atoms with E-state index in [4.69, 9.17) is 0 Å². The van der Waals surface area contributed by atoms with Crippen molar-refractivity contribution >= 4 is 21.8 Å². The molecule has 104 valence electrons. The zero-order valence-electron chi connectivity index (χ0n) is 11.6. The van der Waals surface area contributed by atoms with Crippen molar-refractivity contribution in [3.05, 3.63) is 34.3 Å². The van der Waals surface area contributed by atoms with Crippen LogP contribution in [0.2, 0.25) is 0 Å². The van der Waals surface area contributed by atoms with Crippen molar-refractivity contribution in [1.29, 1.82) is 0 Å². The Labute approximate surface area is 123 Å². The van der Waals surface area contributed by atoms with Crippen molar-refractivity contribution < 1.29 is 4.79 Å². The lowest BCUT2D eigenvalue weighted by Crippen LogP contribution is -2.47. The standard InChI is InChI=1S/C15H21BrN2O/c1-12(19)17(2)15-4-3-9-18(11-15)10-13-5-7-14(16)8-6-13/h5-8,15H,3-4,9-11H2,1-2H3. The smallest absolute Gasteiger partial charge is 0.219 e. The molecule has 1 fully saturated rings. The van der Waals surface area contributed by atoms with Crippen molar-refractivity contribution in [3.63, 3.8) is 0 Å². The van der Waals surface area contributed by atoms with Crippen LogP contribution < -0.4 is 0 Å². The Morgan fingerprint density at radius 3 is 2.74 bits per heavy atom. The van der Waals surface area contributed by atoms with Gasteiger partial charge in [-0.2, -0.15) is 0 Å². The largest absolute Gasteiger partial charge is 0.342 e. The molecule has 3 nitrogen and oxygen atoms in total. The predicted molar refractivity (Wildman–Crippen MR) is 80.9 cm³/mol. The van der Waals surface area contributed by atoms with Gasteiger partial charge in [-0.3, -0.25) is 9.69 Å². The number of rotatable bonds is 3. The Kier molecular flexibility index (Phi) is 4.99. The summed E-state index contributed by atoms with van der Waals surface area (Å²) in [7, 11) is 1.91. The van der Waals surface area contributed by atoms with Gasteiger partial charge in [-0.15, -0.1) is 0 Å². The minimum atomic E-state index is 0.162. The number of piperidine rings is 1. The molecule has 19 heavy (non-hydrogen) atoms. The second-order valence-corrected chi connectivity index (χ2v) is 6.20. The molecule has 1 amide bonds. The maximum absolute atomic E-state index is 11.4. The lowest BCUT2D eigenvalue weighted by molar-refractivity contribution is -0.130. The lowest BCUT2D eigenvalue weighted by Gasteiger charge is -2.37. The van der Waals surface area contributed by atoms with Crippen LogP contribution in [0.5, 0.6) is 0 Å². The van der Waals surface area contributed by atoms with Gasteiger partial charge in [0.25, 0.3) is 0 Å². The molecule has 0 aromatic heterocycles. The third kappa shape index (κ3) is 4.05. The average Bonchev–Trinajstić information content (AvgIpc) is 2.41. The van der Waals surface area contributed by atoms with E-state index in [1.807, 2.05) is 11.9 Å². The number of likely N-dealkylation sites (tertiary alicyclic amines) is 1. The second-order valence-electron chi connectivity index (χ2n) is 5.29. The van der Waals surface area contributed by atoms with Gasteiger partial charge < -0.3 is 4.90 Å². The molecule has 0 N–H and O–H groups in total. The molecule has 0 radical (unpaired) electrons. The summed E-state index contributed by atoms with van der Waals surface area (Å²) in [5.74, 6) is 0.162. The Balaban J connectivity index is 1.94. The lowest BCUT2D eigenvalue weighted by atomic mass is 10.0. The third-order valence-electron chi connectivity index (χ3n) is 3.84. The van der Waals surface area contributed by atoms with Gasteiger partial charge in [-0.05, 0) is 37.1 Å². The number of benzene rings is 1. The number of hydrogen-bond donors (Lipinski definition) is 0. The molecule has 0 spiro atoms. The van der Waals surface area contributed by atoms with Gasteiger partial charge in [0, 0.05) is 37.6 Å².